The third-order valence-corrected chi connectivity index (χ3v) is 7.75. The molecule has 2 aliphatic rings. The monoisotopic (exact) mass is 675 g/mol. The zero-order valence-electron chi connectivity index (χ0n) is 27.5. The SMILES string of the molecule is CC(=O)N[C@H]1[C@H](O/N=C2/C(=O)N(CCCOc3cccc4ccccc34)c3ccccc32)O[C@H](COC(C)=O)[C@@H](OC(C)=O)[C@@H]1OC(C)=O. The first-order valence-corrected chi connectivity index (χ1v) is 15.7. The second-order valence-corrected chi connectivity index (χ2v) is 11.4. The first-order chi connectivity index (χ1) is 23.5. The Bertz CT molecular complexity index is 1750. The molecule has 2 aliphatic heterocycles. The molecule has 0 saturated carbocycles. The van der Waals surface area contributed by atoms with E-state index in [-0.39, 0.29) is 5.71 Å². The molecule has 49 heavy (non-hydrogen) atoms. The molecule has 14 nitrogen and oxygen atoms in total. The van der Waals surface area contributed by atoms with Gasteiger partial charge in [-0.1, -0.05) is 59.8 Å². The molecular formula is C35H37N3O11. The first kappa shape index (κ1) is 34.8. The standard InChI is InChI=1S/C35H37N3O11/c1-20(39)36-31-33(47-23(4)42)32(46-22(3)41)29(19-45-21(2)40)48-35(31)49-37-30-26-14-7-8-15-27(26)38(34(30)43)17-10-18-44-28-16-9-12-24-11-5-6-13-25(24)28/h5-9,11-16,29,31-33,35H,10,17-19H2,1-4H3,(H,36,39)/b37-30+/t29-,31-,32-,33-,35+/m1/s1. The smallest absolute Gasteiger partial charge is 0.303 e. The fraction of sp³-hybridized carbons (Fsp3) is 0.371. The van der Waals surface area contributed by atoms with E-state index >= 15 is 0 Å². The molecule has 2 amide bonds. The number of esters is 3. The Morgan fingerprint density at radius 2 is 1.55 bits per heavy atom. The van der Waals surface area contributed by atoms with E-state index in [4.69, 9.17) is 28.5 Å². The lowest BCUT2D eigenvalue weighted by molar-refractivity contribution is -0.278. The minimum atomic E-state index is -1.48. The number of rotatable bonds is 12. The van der Waals surface area contributed by atoms with Gasteiger partial charge in [-0.2, -0.15) is 0 Å². The summed E-state index contributed by atoms with van der Waals surface area (Å²) in [6, 6.07) is 19.6. The maximum Gasteiger partial charge on any atom is 0.303 e. The number of ether oxygens (including phenoxy) is 5. The Balaban J connectivity index is 1.36. The molecule has 1 saturated heterocycles. The van der Waals surface area contributed by atoms with Crippen LogP contribution >= 0.6 is 0 Å². The second kappa shape index (κ2) is 15.6. The van der Waals surface area contributed by atoms with Crippen molar-refractivity contribution in [2.75, 3.05) is 24.7 Å². The molecule has 0 radical (unpaired) electrons. The van der Waals surface area contributed by atoms with Crippen molar-refractivity contribution < 1.29 is 52.5 Å². The summed E-state index contributed by atoms with van der Waals surface area (Å²) in [5, 5.41) is 8.84. The van der Waals surface area contributed by atoms with Crippen LogP contribution in [0.5, 0.6) is 5.75 Å². The van der Waals surface area contributed by atoms with Crippen LogP contribution < -0.4 is 15.0 Å². The second-order valence-electron chi connectivity index (χ2n) is 11.4. The van der Waals surface area contributed by atoms with Gasteiger partial charge in [-0.15, -0.1) is 0 Å². The number of amides is 2. The molecule has 0 bridgehead atoms. The number of nitrogens with one attached hydrogen (secondary N) is 1. The first-order valence-electron chi connectivity index (χ1n) is 15.7. The molecule has 3 aromatic rings. The Labute approximate surface area is 282 Å². The van der Waals surface area contributed by atoms with Crippen LogP contribution in [0, 0.1) is 0 Å². The van der Waals surface area contributed by atoms with Crippen LogP contribution in [0.4, 0.5) is 5.69 Å². The van der Waals surface area contributed by atoms with Crippen LogP contribution in [0.3, 0.4) is 0 Å². The summed E-state index contributed by atoms with van der Waals surface area (Å²) in [6.45, 7) is 4.93. The van der Waals surface area contributed by atoms with E-state index in [1.807, 2.05) is 42.5 Å². The van der Waals surface area contributed by atoms with Crippen molar-refractivity contribution in [1.82, 2.24) is 5.32 Å². The topological polar surface area (TPSA) is 168 Å². The van der Waals surface area contributed by atoms with Gasteiger partial charge in [0.15, 0.2) is 17.9 Å². The predicted molar refractivity (Wildman–Crippen MR) is 174 cm³/mol. The molecule has 0 unspecified atom stereocenters. The molecule has 1 fully saturated rings. The Kier molecular flexibility index (Phi) is 11.1. The van der Waals surface area contributed by atoms with E-state index in [1.54, 1.807) is 29.2 Å². The van der Waals surface area contributed by atoms with Crippen molar-refractivity contribution in [3.05, 3.63) is 72.3 Å². The number of fused-ring (bicyclic) bond motifs is 2. The molecule has 1 N–H and O–H groups in total. The zero-order chi connectivity index (χ0) is 35.1. The molecule has 258 valence electrons. The highest BCUT2D eigenvalue weighted by Gasteiger charge is 2.52. The van der Waals surface area contributed by atoms with E-state index in [0.717, 1.165) is 30.4 Å². The molecule has 14 heteroatoms. The minimum Gasteiger partial charge on any atom is -0.493 e. The van der Waals surface area contributed by atoms with Gasteiger partial charge in [-0.05, 0) is 23.9 Å². The average Bonchev–Trinajstić information content (AvgIpc) is 3.32. The highest BCUT2D eigenvalue weighted by molar-refractivity contribution is 6.54. The van der Waals surface area contributed by atoms with Gasteiger partial charge in [0.2, 0.25) is 5.91 Å². The van der Waals surface area contributed by atoms with Crippen LogP contribution in [0.1, 0.15) is 39.7 Å². The summed E-state index contributed by atoms with van der Waals surface area (Å²) < 4.78 is 28.1. The van der Waals surface area contributed by atoms with E-state index in [9.17, 15) is 24.0 Å². The lowest BCUT2D eigenvalue weighted by atomic mass is 9.96. The number of para-hydroxylation sites is 1. The summed E-state index contributed by atoms with van der Waals surface area (Å²) in [4.78, 5) is 69.2. The number of benzene rings is 3. The molecule has 0 aromatic heterocycles. The molecule has 0 aliphatic carbocycles. The van der Waals surface area contributed by atoms with Crippen molar-refractivity contribution in [2.24, 2.45) is 5.16 Å². The highest BCUT2D eigenvalue weighted by Crippen LogP contribution is 2.32. The van der Waals surface area contributed by atoms with Crippen molar-refractivity contribution >= 4 is 51.9 Å². The Hall–Kier alpha value is -5.50. The number of oxime groups is 1. The van der Waals surface area contributed by atoms with Gasteiger partial charge < -0.3 is 38.7 Å². The van der Waals surface area contributed by atoms with Gasteiger partial charge in [-0.25, -0.2) is 0 Å². The normalized spacial score (nSPS) is 22.3. The molecule has 5 rings (SSSR count). The van der Waals surface area contributed by atoms with Crippen LogP contribution in [0.25, 0.3) is 10.8 Å². The van der Waals surface area contributed by atoms with E-state index in [2.05, 4.69) is 10.5 Å². The van der Waals surface area contributed by atoms with Crippen molar-refractivity contribution in [3.63, 3.8) is 0 Å². The summed E-state index contributed by atoms with van der Waals surface area (Å²) in [5.41, 5.74) is 1.09. The van der Waals surface area contributed by atoms with E-state index in [0.29, 0.717) is 30.8 Å². The third kappa shape index (κ3) is 8.33. The maximum absolute atomic E-state index is 13.7. The van der Waals surface area contributed by atoms with Gasteiger partial charge >= 0.3 is 17.9 Å². The highest BCUT2D eigenvalue weighted by atomic mass is 16.8. The predicted octanol–water partition coefficient (Wildman–Crippen LogP) is 3.03. The lowest BCUT2D eigenvalue weighted by Gasteiger charge is -2.43. The third-order valence-electron chi connectivity index (χ3n) is 7.75. The van der Waals surface area contributed by atoms with Gasteiger partial charge in [0.1, 0.15) is 24.5 Å². The van der Waals surface area contributed by atoms with Gasteiger partial charge in [-0.3, -0.25) is 24.0 Å². The summed E-state index contributed by atoms with van der Waals surface area (Å²) in [5.74, 6) is -2.38. The molecule has 0 spiro atoms. The largest absolute Gasteiger partial charge is 0.493 e. The van der Waals surface area contributed by atoms with Gasteiger partial charge in [0.25, 0.3) is 12.2 Å². The molecule has 5 atom stereocenters. The van der Waals surface area contributed by atoms with Crippen molar-refractivity contribution in [3.8, 4) is 5.75 Å². The zero-order valence-corrected chi connectivity index (χ0v) is 27.5. The van der Waals surface area contributed by atoms with Crippen molar-refractivity contribution in [2.45, 2.75) is 64.8 Å². The minimum absolute atomic E-state index is 0.0292. The summed E-state index contributed by atoms with van der Waals surface area (Å²) in [6.07, 6.45) is -4.80. The van der Waals surface area contributed by atoms with Crippen molar-refractivity contribution in [1.29, 1.82) is 0 Å². The molecule has 2 heterocycles. The van der Waals surface area contributed by atoms with Gasteiger partial charge in [0.05, 0.1) is 12.3 Å². The number of hydrogen-bond donors (Lipinski definition) is 1. The molecule has 3 aromatic carbocycles. The number of hydrogen-bond acceptors (Lipinski definition) is 12. The number of carbonyl (C=O) groups excluding carboxylic acids is 5. The van der Waals surface area contributed by atoms with Crippen LogP contribution in [0.15, 0.2) is 71.9 Å². The Morgan fingerprint density at radius 3 is 2.29 bits per heavy atom. The number of carbonyl (C=O) groups is 5. The lowest BCUT2D eigenvalue weighted by Crippen LogP contribution is -2.66. The number of anilines is 1. The summed E-state index contributed by atoms with van der Waals surface area (Å²) in [7, 11) is 0. The molecular weight excluding hydrogens is 638 g/mol. The van der Waals surface area contributed by atoms with Crippen LogP contribution in [0.2, 0.25) is 0 Å². The van der Waals surface area contributed by atoms with Gasteiger partial charge in [0, 0.05) is 45.2 Å². The van der Waals surface area contributed by atoms with E-state index < -0.39 is 67.0 Å². The summed E-state index contributed by atoms with van der Waals surface area (Å²) >= 11 is 0. The van der Waals surface area contributed by atoms with Crippen LogP contribution in [-0.2, 0) is 47.8 Å². The quantitative estimate of drug-likeness (QED) is 0.130. The van der Waals surface area contributed by atoms with E-state index in [1.165, 1.54) is 13.8 Å². The maximum atomic E-state index is 13.7. The Morgan fingerprint density at radius 1 is 0.857 bits per heavy atom. The van der Waals surface area contributed by atoms with Crippen LogP contribution in [-0.4, -0.2) is 85.8 Å². The average molecular weight is 676 g/mol. The fourth-order valence-electron chi connectivity index (χ4n) is 5.78. The number of nitrogens with zero attached hydrogens (tertiary/aromatic N) is 2. The fourth-order valence-corrected chi connectivity index (χ4v) is 5.78.